The molecule has 2 aliphatic rings. The predicted molar refractivity (Wildman–Crippen MR) is 103 cm³/mol. The van der Waals surface area contributed by atoms with Gasteiger partial charge in [0.05, 0.1) is 24.0 Å². The van der Waals surface area contributed by atoms with Crippen LogP contribution in [0.4, 0.5) is 0 Å². The summed E-state index contributed by atoms with van der Waals surface area (Å²) >= 11 is 0. The summed E-state index contributed by atoms with van der Waals surface area (Å²) in [5.74, 6) is 0.628. The molecule has 2 aliphatic heterocycles. The number of amides is 2. The van der Waals surface area contributed by atoms with E-state index in [1.165, 1.54) is 0 Å². The third kappa shape index (κ3) is 4.39. The number of furan rings is 1. The highest BCUT2D eigenvalue weighted by Crippen LogP contribution is 2.25. The second kappa shape index (κ2) is 8.80. The molecule has 7 heteroatoms. The van der Waals surface area contributed by atoms with Gasteiger partial charge in [0.2, 0.25) is 5.91 Å². The molecule has 0 spiro atoms. The van der Waals surface area contributed by atoms with Crippen molar-refractivity contribution in [2.75, 3.05) is 32.8 Å². The number of hydrogen-bond donors (Lipinski definition) is 0. The van der Waals surface area contributed by atoms with Crippen LogP contribution in [-0.2, 0) is 14.3 Å². The molecule has 2 saturated heterocycles. The first-order chi connectivity index (χ1) is 13.4. The van der Waals surface area contributed by atoms with E-state index in [4.69, 9.17) is 9.15 Å². The van der Waals surface area contributed by atoms with Gasteiger partial charge < -0.3 is 19.0 Å². The van der Waals surface area contributed by atoms with Crippen molar-refractivity contribution >= 4 is 17.8 Å². The quantitative estimate of drug-likeness (QED) is 0.738. The van der Waals surface area contributed by atoms with E-state index in [9.17, 15) is 14.4 Å². The van der Waals surface area contributed by atoms with Crippen molar-refractivity contribution in [3.8, 4) is 0 Å². The van der Waals surface area contributed by atoms with E-state index in [1.807, 2.05) is 6.92 Å². The van der Waals surface area contributed by atoms with Crippen molar-refractivity contribution in [3.05, 3.63) is 23.2 Å². The van der Waals surface area contributed by atoms with Gasteiger partial charge in [-0.05, 0) is 52.5 Å². The lowest BCUT2D eigenvalue weighted by Gasteiger charge is -2.37. The zero-order chi connectivity index (χ0) is 20.3. The Bertz CT molecular complexity index is 741. The summed E-state index contributed by atoms with van der Waals surface area (Å²) in [6.07, 6.45) is 3.13. The molecule has 7 nitrogen and oxygen atoms in total. The number of aryl methyl sites for hydroxylation is 2. The maximum Gasteiger partial charge on any atom is 0.310 e. The lowest BCUT2D eigenvalue weighted by molar-refractivity contribution is -0.152. The highest BCUT2D eigenvalue weighted by molar-refractivity contribution is 5.95. The lowest BCUT2D eigenvalue weighted by atomic mass is 9.92. The summed E-state index contributed by atoms with van der Waals surface area (Å²) in [4.78, 5) is 41.5. The van der Waals surface area contributed by atoms with E-state index in [1.54, 1.807) is 29.7 Å². The van der Waals surface area contributed by atoms with E-state index >= 15 is 0 Å². The molecule has 2 amide bonds. The average Bonchev–Trinajstić information content (AvgIpc) is 3.05. The highest BCUT2D eigenvalue weighted by Gasteiger charge is 2.35. The first kappa shape index (κ1) is 20.4. The number of ether oxygens (including phenoxy) is 1. The third-order valence-electron chi connectivity index (χ3n) is 5.68. The molecule has 3 rings (SSSR count). The minimum absolute atomic E-state index is 0.0478. The van der Waals surface area contributed by atoms with E-state index in [-0.39, 0.29) is 29.6 Å². The first-order valence-corrected chi connectivity index (χ1v) is 10.2. The van der Waals surface area contributed by atoms with Crippen LogP contribution < -0.4 is 0 Å². The van der Waals surface area contributed by atoms with Crippen molar-refractivity contribution in [1.82, 2.24) is 9.80 Å². The van der Waals surface area contributed by atoms with Crippen LogP contribution in [0, 0.1) is 25.7 Å². The van der Waals surface area contributed by atoms with Crippen molar-refractivity contribution in [3.63, 3.8) is 0 Å². The van der Waals surface area contributed by atoms with Crippen molar-refractivity contribution < 1.29 is 23.5 Å². The topological polar surface area (TPSA) is 80.1 Å². The predicted octanol–water partition coefficient (Wildman–Crippen LogP) is 2.55. The van der Waals surface area contributed by atoms with Crippen molar-refractivity contribution in [2.24, 2.45) is 11.8 Å². The molecule has 3 heterocycles. The number of carbonyl (C=O) groups is 3. The fourth-order valence-corrected chi connectivity index (χ4v) is 4.26. The molecule has 2 atom stereocenters. The van der Waals surface area contributed by atoms with Crippen LogP contribution in [0.3, 0.4) is 0 Å². The fraction of sp³-hybridized carbons (Fsp3) is 0.667. The van der Waals surface area contributed by atoms with Gasteiger partial charge in [-0.2, -0.15) is 0 Å². The Balaban J connectivity index is 1.63. The number of carbonyl (C=O) groups excluding carboxylic acids is 3. The Morgan fingerprint density at radius 2 is 1.71 bits per heavy atom. The van der Waals surface area contributed by atoms with Gasteiger partial charge in [-0.3, -0.25) is 14.4 Å². The van der Waals surface area contributed by atoms with E-state index in [2.05, 4.69) is 0 Å². The van der Waals surface area contributed by atoms with Gasteiger partial charge in [0.1, 0.15) is 11.5 Å². The van der Waals surface area contributed by atoms with Crippen LogP contribution in [0.25, 0.3) is 0 Å². The lowest BCUT2D eigenvalue weighted by Crippen LogP contribution is -2.50. The molecule has 0 N–H and O–H groups in total. The number of nitrogens with zero attached hydrogens (tertiary/aromatic N) is 2. The molecule has 28 heavy (non-hydrogen) atoms. The summed E-state index contributed by atoms with van der Waals surface area (Å²) in [6.45, 7) is 7.91. The Kier molecular flexibility index (Phi) is 6.42. The summed E-state index contributed by atoms with van der Waals surface area (Å²) in [7, 11) is 0. The van der Waals surface area contributed by atoms with Crippen molar-refractivity contribution in [1.29, 1.82) is 0 Å². The summed E-state index contributed by atoms with van der Waals surface area (Å²) in [5.41, 5.74) is 0.575. The minimum atomic E-state index is -0.240. The maximum absolute atomic E-state index is 13.1. The largest absolute Gasteiger partial charge is 0.466 e. The molecule has 1 aromatic heterocycles. The average molecular weight is 390 g/mol. The Hall–Kier alpha value is -2.31. The van der Waals surface area contributed by atoms with Crippen molar-refractivity contribution in [2.45, 2.75) is 46.5 Å². The molecule has 1 aromatic rings. The molecule has 0 aliphatic carbocycles. The normalized spacial score (nSPS) is 22.8. The Morgan fingerprint density at radius 3 is 2.36 bits per heavy atom. The van der Waals surface area contributed by atoms with Crippen LogP contribution in [0.1, 0.15) is 54.5 Å². The van der Waals surface area contributed by atoms with E-state index in [0.717, 1.165) is 25.7 Å². The van der Waals surface area contributed by atoms with Gasteiger partial charge in [-0.15, -0.1) is 0 Å². The van der Waals surface area contributed by atoms with Gasteiger partial charge in [0.25, 0.3) is 5.91 Å². The van der Waals surface area contributed by atoms with Gasteiger partial charge in [-0.1, -0.05) is 0 Å². The van der Waals surface area contributed by atoms with Crippen LogP contribution in [0.5, 0.6) is 0 Å². The smallest absolute Gasteiger partial charge is 0.310 e. The molecule has 154 valence electrons. The second-order valence-corrected chi connectivity index (χ2v) is 7.79. The van der Waals surface area contributed by atoms with Gasteiger partial charge in [0, 0.05) is 26.2 Å². The van der Waals surface area contributed by atoms with Crippen LogP contribution in [0.15, 0.2) is 10.5 Å². The molecule has 0 bridgehead atoms. The number of esters is 1. The molecule has 0 aromatic carbocycles. The Morgan fingerprint density at radius 1 is 1.07 bits per heavy atom. The fourth-order valence-electron chi connectivity index (χ4n) is 4.26. The summed E-state index contributed by atoms with van der Waals surface area (Å²) in [6, 6.07) is 1.76. The standard InChI is InChI=1S/C21H30N2O5/c1-4-27-21(26)17-8-6-9-22(13-17)19(24)16-7-5-10-23(12-16)20(25)18-11-14(2)28-15(18)3/h11,16-17H,4-10,12-13H2,1-3H3/t16-,17-/m1/s1. The van der Waals surface area contributed by atoms with Gasteiger partial charge >= 0.3 is 5.97 Å². The third-order valence-corrected chi connectivity index (χ3v) is 5.68. The number of likely N-dealkylation sites (tertiary alicyclic amines) is 2. The van der Waals surface area contributed by atoms with E-state index < -0.39 is 0 Å². The first-order valence-electron chi connectivity index (χ1n) is 10.2. The number of hydrogen-bond acceptors (Lipinski definition) is 5. The molecular formula is C21H30N2O5. The van der Waals surface area contributed by atoms with Crippen LogP contribution >= 0.6 is 0 Å². The maximum atomic E-state index is 13.1. The monoisotopic (exact) mass is 390 g/mol. The Labute approximate surface area is 166 Å². The second-order valence-electron chi connectivity index (χ2n) is 7.79. The minimum Gasteiger partial charge on any atom is -0.466 e. The van der Waals surface area contributed by atoms with E-state index in [0.29, 0.717) is 49.9 Å². The van der Waals surface area contributed by atoms with Crippen LogP contribution in [-0.4, -0.2) is 60.4 Å². The molecule has 0 unspecified atom stereocenters. The zero-order valence-electron chi connectivity index (χ0n) is 17.0. The molecule has 0 radical (unpaired) electrons. The van der Waals surface area contributed by atoms with Gasteiger partial charge in [-0.25, -0.2) is 0 Å². The molecule has 2 fully saturated rings. The van der Waals surface area contributed by atoms with Gasteiger partial charge in [0.15, 0.2) is 0 Å². The molecule has 0 saturated carbocycles. The SMILES string of the molecule is CCOC(=O)[C@@H]1CCCN(C(=O)[C@@H]2CCCN(C(=O)c3cc(C)oc3C)C2)C1. The van der Waals surface area contributed by atoms with Crippen LogP contribution in [0.2, 0.25) is 0 Å². The highest BCUT2D eigenvalue weighted by atomic mass is 16.5. The molecular weight excluding hydrogens is 360 g/mol. The summed E-state index contributed by atoms with van der Waals surface area (Å²) in [5, 5.41) is 0. The summed E-state index contributed by atoms with van der Waals surface area (Å²) < 4.78 is 10.6. The number of piperidine rings is 2. The number of rotatable bonds is 4. The zero-order valence-corrected chi connectivity index (χ0v) is 17.0.